The molecule has 2 N–H and O–H groups in total. The van der Waals surface area contributed by atoms with E-state index in [-0.39, 0.29) is 5.91 Å². The Labute approximate surface area is 112 Å². The fourth-order valence-electron chi connectivity index (χ4n) is 2.50. The molecule has 0 bridgehead atoms. The average Bonchev–Trinajstić information content (AvgIpc) is 2.34. The number of hydrogen-bond donors (Lipinski definition) is 1. The lowest BCUT2D eigenvalue weighted by Gasteiger charge is -2.35. The fourth-order valence-corrected chi connectivity index (χ4v) is 2.50. The Kier molecular flexibility index (Phi) is 2.85. The van der Waals surface area contributed by atoms with Crippen molar-refractivity contribution in [2.24, 2.45) is 0 Å². The highest BCUT2D eigenvalue weighted by atomic mass is 16.2. The Morgan fingerprint density at radius 3 is 2.79 bits per heavy atom. The molecule has 98 valence electrons. The summed E-state index contributed by atoms with van der Waals surface area (Å²) in [5.41, 5.74) is 7.23. The molecule has 0 spiro atoms. The zero-order chi connectivity index (χ0) is 13.4. The monoisotopic (exact) mass is 255 g/mol. The topological polar surface area (TPSA) is 59.2 Å². The number of para-hydroxylation sites is 1. The van der Waals surface area contributed by atoms with E-state index in [1.54, 1.807) is 6.07 Å². The van der Waals surface area contributed by atoms with Crippen LogP contribution in [0.1, 0.15) is 29.6 Å². The van der Waals surface area contributed by atoms with Crippen LogP contribution in [0.4, 0.5) is 5.82 Å². The van der Waals surface area contributed by atoms with Gasteiger partial charge in [0.05, 0.1) is 11.1 Å². The molecule has 1 aromatic carbocycles. The van der Waals surface area contributed by atoms with Gasteiger partial charge >= 0.3 is 0 Å². The number of carbonyl (C=O) groups excluding carboxylic acids is 1. The van der Waals surface area contributed by atoms with Gasteiger partial charge < -0.3 is 10.6 Å². The summed E-state index contributed by atoms with van der Waals surface area (Å²) in [4.78, 5) is 18.7. The van der Waals surface area contributed by atoms with Crippen LogP contribution >= 0.6 is 0 Å². The smallest absolute Gasteiger partial charge is 0.254 e. The maximum Gasteiger partial charge on any atom is 0.254 e. The maximum atomic E-state index is 12.6. The number of amides is 1. The minimum atomic E-state index is 0.0370. The highest BCUT2D eigenvalue weighted by Gasteiger charge is 2.27. The number of nitrogens with zero attached hydrogens (tertiary/aromatic N) is 2. The number of hydrogen-bond acceptors (Lipinski definition) is 3. The highest BCUT2D eigenvalue weighted by Crippen LogP contribution is 2.27. The average molecular weight is 255 g/mol. The van der Waals surface area contributed by atoms with Gasteiger partial charge in [0.1, 0.15) is 5.82 Å². The van der Waals surface area contributed by atoms with Gasteiger partial charge in [-0.1, -0.05) is 18.2 Å². The molecule has 19 heavy (non-hydrogen) atoms. The normalized spacial score (nSPS) is 15.2. The van der Waals surface area contributed by atoms with Gasteiger partial charge in [0.2, 0.25) is 0 Å². The SMILES string of the molecule is CN(C(=O)c1cc(N)nc2ccccc12)C1CCC1. The maximum absolute atomic E-state index is 12.6. The Hall–Kier alpha value is -2.10. The van der Waals surface area contributed by atoms with Crippen LogP contribution in [-0.2, 0) is 0 Å². The lowest BCUT2D eigenvalue weighted by Crippen LogP contribution is -2.41. The van der Waals surface area contributed by atoms with Crippen LogP contribution in [0.3, 0.4) is 0 Å². The van der Waals surface area contributed by atoms with E-state index < -0.39 is 0 Å². The van der Waals surface area contributed by atoms with E-state index in [1.165, 1.54) is 6.42 Å². The van der Waals surface area contributed by atoms with Gasteiger partial charge in [0.15, 0.2) is 0 Å². The number of carbonyl (C=O) groups is 1. The van der Waals surface area contributed by atoms with Crippen LogP contribution in [-0.4, -0.2) is 28.9 Å². The lowest BCUT2D eigenvalue weighted by molar-refractivity contribution is 0.0654. The van der Waals surface area contributed by atoms with E-state index >= 15 is 0 Å². The van der Waals surface area contributed by atoms with E-state index in [4.69, 9.17) is 5.73 Å². The van der Waals surface area contributed by atoms with Crippen molar-refractivity contribution in [1.82, 2.24) is 9.88 Å². The first-order valence-electron chi connectivity index (χ1n) is 6.59. The molecule has 0 saturated heterocycles. The summed E-state index contributed by atoms with van der Waals surface area (Å²) in [5.74, 6) is 0.430. The number of fused-ring (bicyclic) bond motifs is 1. The summed E-state index contributed by atoms with van der Waals surface area (Å²) in [6.45, 7) is 0. The standard InChI is InChI=1S/C15H17N3O/c1-18(10-5-4-6-10)15(19)12-9-14(16)17-13-8-3-2-7-11(12)13/h2-3,7-10H,4-6H2,1H3,(H2,16,17). The van der Waals surface area contributed by atoms with E-state index in [1.807, 2.05) is 36.2 Å². The van der Waals surface area contributed by atoms with Crippen molar-refractivity contribution < 1.29 is 4.79 Å². The van der Waals surface area contributed by atoms with Crippen LogP contribution in [0.15, 0.2) is 30.3 Å². The molecule has 0 aliphatic heterocycles. The second kappa shape index (κ2) is 4.53. The van der Waals surface area contributed by atoms with Gasteiger partial charge in [0, 0.05) is 18.5 Å². The highest BCUT2D eigenvalue weighted by molar-refractivity contribution is 6.06. The van der Waals surface area contributed by atoms with Crippen molar-refractivity contribution >= 4 is 22.6 Å². The number of nitrogen functional groups attached to an aromatic ring is 1. The molecule has 1 amide bonds. The van der Waals surface area contributed by atoms with Crippen molar-refractivity contribution in [3.63, 3.8) is 0 Å². The Morgan fingerprint density at radius 1 is 1.37 bits per heavy atom. The minimum Gasteiger partial charge on any atom is -0.384 e. The number of anilines is 1. The molecule has 1 fully saturated rings. The number of benzene rings is 1. The predicted octanol–water partition coefficient (Wildman–Crippen LogP) is 2.44. The first kappa shape index (κ1) is 12.0. The van der Waals surface area contributed by atoms with Crippen LogP contribution in [0, 0.1) is 0 Å². The van der Waals surface area contributed by atoms with Crippen molar-refractivity contribution in [3.8, 4) is 0 Å². The van der Waals surface area contributed by atoms with Crippen LogP contribution in [0.25, 0.3) is 10.9 Å². The molecule has 1 aliphatic rings. The summed E-state index contributed by atoms with van der Waals surface area (Å²) in [6, 6.07) is 9.68. The van der Waals surface area contributed by atoms with E-state index in [0.29, 0.717) is 17.4 Å². The second-order valence-electron chi connectivity index (χ2n) is 5.11. The van der Waals surface area contributed by atoms with E-state index in [2.05, 4.69) is 4.98 Å². The van der Waals surface area contributed by atoms with Crippen molar-refractivity contribution in [2.45, 2.75) is 25.3 Å². The predicted molar refractivity (Wildman–Crippen MR) is 75.9 cm³/mol. The Bertz CT molecular complexity index is 634. The molecule has 4 nitrogen and oxygen atoms in total. The van der Waals surface area contributed by atoms with E-state index in [9.17, 15) is 4.79 Å². The lowest BCUT2D eigenvalue weighted by atomic mass is 9.91. The van der Waals surface area contributed by atoms with Gasteiger partial charge in [-0.25, -0.2) is 4.98 Å². The Balaban J connectivity index is 2.05. The molecule has 0 atom stereocenters. The first-order valence-corrected chi connectivity index (χ1v) is 6.59. The van der Waals surface area contributed by atoms with Gasteiger partial charge in [0.25, 0.3) is 5.91 Å². The molecule has 1 aromatic heterocycles. The first-order chi connectivity index (χ1) is 9.16. The molecule has 3 rings (SSSR count). The van der Waals surface area contributed by atoms with Gasteiger partial charge in [-0.3, -0.25) is 4.79 Å². The van der Waals surface area contributed by atoms with Crippen LogP contribution in [0.2, 0.25) is 0 Å². The van der Waals surface area contributed by atoms with Crippen LogP contribution in [0.5, 0.6) is 0 Å². The molecule has 1 saturated carbocycles. The third-order valence-electron chi connectivity index (χ3n) is 3.91. The molecule has 2 aromatic rings. The summed E-state index contributed by atoms with van der Waals surface area (Å²) >= 11 is 0. The molecule has 4 heteroatoms. The molecular formula is C15H17N3O. The summed E-state index contributed by atoms with van der Waals surface area (Å²) in [5, 5.41) is 0.868. The van der Waals surface area contributed by atoms with E-state index in [0.717, 1.165) is 23.7 Å². The molecule has 1 aliphatic carbocycles. The van der Waals surface area contributed by atoms with Crippen molar-refractivity contribution in [2.75, 3.05) is 12.8 Å². The quantitative estimate of drug-likeness (QED) is 0.896. The number of nitrogens with two attached hydrogens (primary N) is 1. The zero-order valence-electron chi connectivity index (χ0n) is 11.0. The summed E-state index contributed by atoms with van der Waals surface area (Å²) in [6.07, 6.45) is 3.41. The van der Waals surface area contributed by atoms with Gasteiger partial charge in [-0.15, -0.1) is 0 Å². The van der Waals surface area contributed by atoms with Gasteiger partial charge in [-0.2, -0.15) is 0 Å². The molecule has 0 radical (unpaired) electrons. The largest absolute Gasteiger partial charge is 0.384 e. The third-order valence-corrected chi connectivity index (χ3v) is 3.91. The number of rotatable bonds is 2. The zero-order valence-corrected chi connectivity index (χ0v) is 11.0. The third kappa shape index (κ3) is 2.03. The van der Waals surface area contributed by atoms with Crippen molar-refractivity contribution in [3.05, 3.63) is 35.9 Å². The summed E-state index contributed by atoms with van der Waals surface area (Å²) in [7, 11) is 1.87. The molecular weight excluding hydrogens is 238 g/mol. The molecule has 0 unspecified atom stereocenters. The second-order valence-corrected chi connectivity index (χ2v) is 5.11. The number of pyridine rings is 1. The van der Waals surface area contributed by atoms with Gasteiger partial charge in [-0.05, 0) is 31.4 Å². The Morgan fingerprint density at radius 2 is 2.11 bits per heavy atom. The summed E-state index contributed by atoms with van der Waals surface area (Å²) < 4.78 is 0. The number of aromatic nitrogens is 1. The van der Waals surface area contributed by atoms with Crippen LogP contribution < -0.4 is 5.73 Å². The minimum absolute atomic E-state index is 0.0370. The van der Waals surface area contributed by atoms with Crippen molar-refractivity contribution in [1.29, 1.82) is 0 Å². The fraction of sp³-hybridized carbons (Fsp3) is 0.333. The molecule has 1 heterocycles.